The van der Waals surface area contributed by atoms with Gasteiger partial charge in [-0.2, -0.15) is 0 Å². The van der Waals surface area contributed by atoms with Gasteiger partial charge < -0.3 is 9.47 Å². The molecule has 0 aromatic carbocycles. The normalized spacial score (nSPS) is 29.2. The number of cyclic esters (lactones) is 1. The molecule has 100 valence electrons. The van der Waals surface area contributed by atoms with E-state index >= 15 is 0 Å². The van der Waals surface area contributed by atoms with Gasteiger partial charge in [0.1, 0.15) is 5.76 Å². The number of rotatable bonds is 1. The van der Waals surface area contributed by atoms with Crippen LogP contribution in [-0.4, -0.2) is 11.8 Å². The summed E-state index contributed by atoms with van der Waals surface area (Å²) in [6.07, 6.45) is 10.0. The van der Waals surface area contributed by atoms with Crippen molar-refractivity contribution in [2.24, 2.45) is 5.92 Å². The number of carbonyl (C=O) groups is 1. The molecule has 1 heterocycles. The Hall–Kier alpha value is -1.25. The van der Waals surface area contributed by atoms with Gasteiger partial charge >= 0.3 is 5.97 Å². The molecule has 0 bridgehead atoms. The molecule has 1 aliphatic heterocycles. The molecule has 0 atom stereocenters. The minimum absolute atomic E-state index is 0.259. The van der Waals surface area contributed by atoms with Crippen molar-refractivity contribution in [3.05, 3.63) is 23.5 Å². The fourth-order valence-corrected chi connectivity index (χ4v) is 2.62. The zero-order chi connectivity index (χ0) is 13.2. The molecule has 1 aliphatic carbocycles. The van der Waals surface area contributed by atoms with Gasteiger partial charge in [0, 0.05) is 13.8 Å². The summed E-state index contributed by atoms with van der Waals surface area (Å²) < 4.78 is 11.0. The van der Waals surface area contributed by atoms with E-state index in [0.29, 0.717) is 17.3 Å². The molecule has 0 aromatic rings. The molecule has 2 rings (SSSR count). The van der Waals surface area contributed by atoms with E-state index in [4.69, 9.17) is 9.47 Å². The summed E-state index contributed by atoms with van der Waals surface area (Å²) in [6.45, 7) is 5.40. The molecule has 0 unspecified atom stereocenters. The molecule has 0 spiro atoms. The maximum atomic E-state index is 12.0. The van der Waals surface area contributed by atoms with Crippen molar-refractivity contribution in [2.45, 2.75) is 58.7 Å². The largest absolute Gasteiger partial charge is 0.452 e. The van der Waals surface area contributed by atoms with Crippen LogP contribution in [0.2, 0.25) is 0 Å². The summed E-state index contributed by atoms with van der Waals surface area (Å²) in [4.78, 5) is 12.0. The van der Waals surface area contributed by atoms with Crippen LogP contribution in [0.4, 0.5) is 0 Å². The molecule has 3 heteroatoms. The van der Waals surface area contributed by atoms with Gasteiger partial charge in [-0.05, 0) is 31.8 Å². The second kappa shape index (κ2) is 5.17. The van der Waals surface area contributed by atoms with Crippen LogP contribution >= 0.6 is 0 Å². The van der Waals surface area contributed by atoms with Crippen molar-refractivity contribution >= 4 is 5.97 Å². The Bertz CT molecular complexity index is 385. The first kappa shape index (κ1) is 13.2. The molecule has 2 fully saturated rings. The van der Waals surface area contributed by atoms with Crippen LogP contribution in [0.25, 0.3) is 0 Å². The van der Waals surface area contributed by atoms with Crippen LogP contribution in [0, 0.1) is 5.92 Å². The summed E-state index contributed by atoms with van der Waals surface area (Å²) >= 11 is 0. The van der Waals surface area contributed by atoms with Crippen molar-refractivity contribution in [3.63, 3.8) is 0 Å². The van der Waals surface area contributed by atoms with E-state index in [9.17, 15) is 4.79 Å². The second-order valence-corrected chi connectivity index (χ2v) is 5.52. The van der Waals surface area contributed by atoms with Gasteiger partial charge in [-0.1, -0.05) is 25.3 Å². The van der Waals surface area contributed by atoms with Gasteiger partial charge in [0.25, 0.3) is 0 Å². The number of esters is 1. The average Bonchev–Trinajstić information content (AvgIpc) is 2.33. The van der Waals surface area contributed by atoms with Crippen LogP contribution < -0.4 is 0 Å². The number of allylic oxidation sites excluding steroid dienone is 2. The zero-order valence-corrected chi connectivity index (χ0v) is 11.5. The zero-order valence-electron chi connectivity index (χ0n) is 11.5. The number of carbonyl (C=O) groups excluding carboxylic acids is 1. The molecule has 0 radical (unpaired) electrons. The van der Waals surface area contributed by atoms with Crippen LogP contribution in [0.5, 0.6) is 0 Å². The van der Waals surface area contributed by atoms with Gasteiger partial charge in [-0.15, -0.1) is 0 Å². The first-order valence-corrected chi connectivity index (χ1v) is 6.83. The lowest BCUT2D eigenvalue weighted by Crippen LogP contribution is -2.37. The Kier molecular flexibility index (Phi) is 3.79. The molecule has 2 aliphatic rings. The molecular weight excluding hydrogens is 228 g/mol. The monoisotopic (exact) mass is 250 g/mol. The highest BCUT2D eigenvalue weighted by atomic mass is 16.7. The van der Waals surface area contributed by atoms with Gasteiger partial charge in [0.15, 0.2) is 0 Å². The van der Waals surface area contributed by atoms with Gasteiger partial charge in [0.2, 0.25) is 5.79 Å². The first-order valence-electron chi connectivity index (χ1n) is 6.83. The van der Waals surface area contributed by atoms with Crippen LogP contribution in [0.3, 0.4) is 0 Å². The number of hydrogen-bond donors (Lipinski definition) is 0. The van der Waals surface area contributed by atoms with E-state index in [1.807, 2.05) is 19.1 Å². The third-order valence-electron chi connectivity index (χ3n) is 3.49. The van der Waals surface area contributed by atoms with Gasteiger partial charge in [-0.3, -0.25) is 0 Å². The highest BCUT2D eigenvalue weighted by Gasteiger charge is 2.36. The predicted octanol–water partition coefficient (Wildman–Crippen LogP) is 3.71. The summed E-state index contributed by atoms with van der Waals surface area (Å²) in [7, 11) is 0. The van der Waals surface area contributed by atoms with E-state index in [1.54, 1.807) is 13.8 Å². The third kappa shape index (κ3) is 2.95. The van der Waals surface area contributed by atoms with Gasteiger partial charge in [0.05, 0.1) is 5.57 Å². The summed E-state index contributed by atoms with van der Waals surface area (Å²) in [5.74, 6) is 0.0239. The lowest BCUT2D eigenvalue weighted by atomic mass is 9.87. The van der Waals surface area contributed by atoms with Crippen molar-refractivity contribution in [3.8, 4) is 0 Å². The maximum Gasteiger partial charge on any atom is 0.344 e. The fraction of sp³-hybridized carbons (Fsp3) is 0.667. The van der Waals surface area contributed by atoms with E-state index in [2.05, 4.69) is 0 Å². The standard InChI is InChI=1S/C15H22O3/c1-4-13-12(10-11-8-6-5-7-9-11)14(16)18-15(2,3)17-13/h4,10-11H,5-9H2,1-3H3/b12-10+,13-4-. The van der Waals surface area contributed by atoms with Crippen LogP contribution in [-0.2, 0) is 14.3 Å². The third-order valence-corrected chi connectivity index (χ3v) is 3.49. The van der Waals surface area contributed by atoms with Crippen molar-refractivity contribution in [1.29, 1.82) is 0 Å². The Morgan fingerprint density at radius 3 is 2.44 bits per heavy atom. The van der Waals surface area contributed by atoms with Crippen molar-refractivity contribution < 1.29 is 14.3 Å². The highest BCUT2D eigenvalue weighted by molar-refractivity contribution is 5.93. The van der Waals surface area contributed by atoms with E-state index in [1.165, 1.54) is 19.3 Å². The van der Waals surface area contributed by atoms with Crippen LogP contribution in [0.15, 0.2) is 23.5 Å². The molecule has 1 saturated heterocycles. The first-order chi connectivity index (χ1) is 8.52. The van der Waals surface area contributed by atoms with Crippen LogP contribution in [0.1, 0.15) is 52.9 Å². The molecular formula is C15H22O3. The fourth-order valence-electron chi connectivity index (χ4n) is 2.62. The molecule has 0 aromatic heterocycles. The minimum Gasteiger partial charge on any atom is -0.452 e. The summed E-state index contributed by atoms with van der Waals surface area (Å²) in [5, 5.41) is 0. The Labute approximate surface area is 109 Å². The maximum absolute atomic E-state index is 12.0. The van der Waals surface area contributed by atoms with Gasteiger partial charge in [-0.25, -0.2) is 4.79 Å². The van der Waals surface area contributed by atoms with E-state index < -0.39 is 5.79 Å². The Balaban J connectivity index is 2.19. The average molecular weight is 250 g/mol. The number of ether oxygens (including phenoxy) is 2. The smallest absolute Gasteiger partial charge is 0.344 e. The van der Waals surface area contributed by atoms with E-state index in [0.717, 1.165) is 12.8 Å². The summed E-state index contributed by atoms with van der Waals surface area (Å²) in [6, 6.07) is 0. The highest BCUT2D eigenvalue weighted by Crippen LogP contribution is 2.33. The predicted molar refractivity (Wildman–Crippen MR) is 69.7 cm³/mol. The molecule has 0 N–H and O–H groups in total. The molecule has 0 amide bonds. The van der Waals surface area contributed by atoms with E-state index in [-0.39, 0.29) is 5.97 Å². The molecule has 18 heavy (non-hydrogen) atoms. The minimum atomic E-state index is -0.858. The quantitative estimate of drug-likeness (QED) is 0.525. The SMILES string of the molecule is C/C=C1\OC(C)(C)OC(=O)\C1=C\C1CCCCC1. The second-order valence-electron chi connectivity index (χ2n) is 5.52. The topological polar surface area (TPSA) is 35.5 Å². The lowest BCUT2D eigenvalue weighted by Gasteiger charge is -2.33. The molecule has 3 nitrogen and oxygen atoms in total. The molecule has 1 saturated carbocycles. The lowest BCUT2D eigenvalue weighted by molar-refractivity contribution is -0.208. The summed E-state index contributed by atoms with van der Waals surface area (Å²) in [5.41, 5.74) is 0.601. The van der Waals surface area contributed by atoms with Crippen molar-refractivity contribution in [2.75, 3.05) is 0 Å². The Morgan fingerprint density at radius 1 is 1.17 bits per heavy atom. The number of hydrogen-bond acceptors (Lipinski definition) is 3. The van der Waals surface area contributed by atoms with Crippen molar-refractivity contribution in [1.82, 2.24) is 0 Å². The Morgan fingerprint density at radius 2 is 1.83 bits per heavy atom.